The van der Waals surface area contributed by atoms with E-state index in [1.165, 1.54) is 0 Å². The molecule has 0 fully saturated rings. The molecule has 144 valence electrons. The second kappa shape index (κ2) is 8.39. The van der Waals surface area contributed by atoms with E-state index in [1.807, 2.05) is 0 Å². The summed E-state index contributed by atoms with van der Waals surface area (Å²) in [5.41, 5.74) is -2.11. The lowest BCUT2D eigenvalue weighted by Gasteiger charge is -2.20. The number of hydrogen-bond donors (Lipinski definition) is 0. The summed E-state index contributed by atoms with van der Waals surface area (Å²) >= 11 is 0. The Morgan fingerprint density at radius 2 is 1.81 bits per heavy atom. The van der Waals surface area contributed by atoms with Gasteiger partial charge in [0.1, 0.15) is 12.2 Å². The van der Waals surface area contributed by atoms with Crippen molar-refractivity contribution in [3.63, 3.8) is 0 Å². The molecule has 0 N–H and O–H groups in total. The van der Waals surface area contributed by atoms with Crippen molar-refractivity contribution >= 4 is 11.7 Å². The Kier molecular flexibility index (Phi) is 6.22. The predicted molar refractivity (Wildman–Crippen MR) is 86.2 cm³/mol. The van der Waals surface area contributed by atoms with Gasteiger partial charge in [-0.3, -0.25) is 14.9 Å². The van der Waals surface area contributed by atoms with Gasteiger partial charge in [-0.1, -0.05) is 18.2 Å². The molecule has 0 saturated carbocycles. The highest BCUT2D eigenvalue weighted by molar-refractivity contribution is 5.69. The van der Waals surface area contributed by atoms with E-state index in [0.717, 1.165) is 13.2 Å². The number of ether oxygens (including phenoxy) is 3. The van der Waals surface area contributed by atoms with Crippen molar-refractivity contribution in [1.29, 1.82) is 0 Å². The molecule has 7 nitrogen and oxygen atoms in total. The molecule has 0 aromatic heterocycles. The van der Waals surface area contributed by atoms with Crippen molar-refractivity contribution in [2.24, 2.45) is 0 Å². The molecule has 1 atom stereocenters. The molecule has 10 heteroatoms. The number of nitro benzene ring substituents is 1. The van der Waals surface area contributed by atoms with Crippen LogP contribution in [0.4, 0.5) is 18.9 Å². The van der Waals surface area contributed by atoms with Crippen molar-refractivity contribution in [3.8, 4) is 11.5 Å². The summed E-state index contributed by atoms with van der Waals surface area (Å²) in [6.07, 6.45) is -6.55. The first-order chi connectivity index (χ1) is 12.7. The molecule has 0 aliphatic rings. The highest BCUT2D eigenvalue weighted by Crippen LogP contribution is 2.36. The van der Waals surface area contributed by atoms with Crippen LogP contribution in [0.15, 0.2) is 48.5 Å². The fourth-order valence-corrected chi connectivity index (χ4v) is 2.06. The lowest BCUT2D eigenvalue weighted by Crippen LogP contribution is -2.28. The molecule has 27 heavy (non-hydrogen) atoms. The van der Waals surface area contributed by atoms with Crippen molar-refractivity contribution in [3.05, 3.63) is 64.2 Å². The molecular weight excluding hydrogens is 371 g/mol. The molecule has 2 aromatic rings. The molecule has 0 amide bonds. The first-order valence-electron chi connectivity index (χ1n) is 7.51. The number of hydrogen-bond acceptors (Lipinski definition) is 6. The highest BCUT2D eigenvalue weighted by atomic mass is 19.4. The maximum absolute atomic E-state index is 12.8. The van der Waals surface area contributed by atoms with Crippen LogP contribution in [0.1, 0.15) is 12.0 Å². The second-order valence-corrected chi connectivity index (χ2v) is 5.20. The zero-order valence-corrected chi connectivity index (χ0v) is 13.9. The van der Waals surface area contributed by atoms with E-state index in [0.29, 0.717) is 17.9 Å². The summed E-state index contributed by atoms with van der Waals surface area (Å²) in [5.74, 6) is -0.913. The van der Waals surface area contributed by atoms with Crippen molar-refractivity contribution in [2.75, 3.05) is 7.11 Å². The minimum absolute atomic E-state index is 0.293. The fourth-order valence-electron chi connectivity index (χ4n) is 2.06. The van der Waals surface area contributed by atoms with E-state index in [2.05, 4.69) is 4.74 Å². The van der Waals surface area contributed by atoms with Crippen LogP contribution in [0.2, 0.25) is 0 Å². The van der Waals surface area contributed by atoms with Crippen LogP contribution in [-0.4, -0.2) is 24.3 Å². The second-order valence-electron chi connectivity index (χ2n) is 5.20. The maximum atomic E-state index is 12.8. The normalized spacial score (nSPS) is 12.1. The number of para-hydroxylation sites is 1. The van der Waals surface area contributed by atoms with Gasteiger partial charge in [0.15, 0.2) is 0 Å². The van der Waals surface area contributed by atoms with Gasteiger partial charge in [-0.25, -0.2) is 0 Å². The first kappa shape index (κ1) is 20.0. The summed E-state index contributed by atoms with van der Waals surface area (Å²) < 4.78 is 53.6. The molecule has 0 saturated heterocycles. The van der Waals surface area contributed by atoms with Crippen molar-refractivity contribution in [2.45, 2.75) is 18.9 Å². The average Bonchev–Trinajstić information content (AvgIpc) is 2.61. The van der Waals surface area contributed by atoms with Crippen LogP contribution >= 0.6 is 0 Å². The van der Waals surface area contributed by atoms with Crippen LogP contribution in [-0.2, 0) is 15.7 Å². The molecule has 2 aromatic carbocycles. The lowest BCUT2D eigenvalue weighted by molar-refractivity contribution is -0.386. The monoisotopic (exact) mass is 385 g/mol. The third-order valence-corrected chi connectivity index (χ3v) is 3.31. The smallest absolute Gasteiger partial charge is 0.416 e. The number of carbonyl (C=O) groups excluding carboxylic acids is 1. The van der Waals surface area contributed by atoms with E-state index in [4.69, 9.17) is 9.47 Å². The van der Waals surface area contributed by atoms with E-state index >= 15 is 0 Å². The quantitative estimate of drug-likeness (QED) is 0.310. The highest BCUT2D eigenvalue weighted by Gasteiger charge is 2.34. The van der Waals surface area contributed by atoms with Crippen LogP contribution in [0.25, 0.3) is 0 Å². The maximum Gasteiger partial charge on any atom is 0.416 e. The molecule has 0 spiro atoms. The van der Waals surface area contributed by atoms with Gasteiger partial charge in [-0.15, -0.1) is 0 Å². The summed E-state index contributed by atoms with van der Waals surface area (Å²) in [7, 11) is 1.13. The van der Waals surface area contributed by atoms with E-state index < -0.39 is 46.8 Å². The number of halogens is 3. The number of nitrogens with zero attached hydrogens (tertiary/aromatic N) is 1. The molecule has 0 bridgehead atoms. The topological polar surface area (TPSA) is 87.9 Å². The number of benzene rings is 2. The van der Waals surface area contributed by atoms with E-state index in [9.17, 15) is 28.1 Å². The molecule has 0 aliphatic carbocycles. The van der Waals surface area contributed by atoms with Gasteiger partial charge in [-0.2, -0.15) is 13.2 Å². The SMILES string of the molecule is COC(=O)CC(Oc1ccccc1)Oc1ccc(C(F)(F)F)cc1[N+](=O)[O-]. The Bertz CT molecular complexity index is 810. The van der Waals surface area contributed by atoms with Gasteiger partial charge in [-0.05, 0) is 24.3 Å². The largest absolute Gasteiger partial charge is 0.469 e. The Balaban J connectivity index is 2.32. The summed E-state index contributed by atoms with van der Waals surface area (Å²) in [6.45, 7) is 0. The van der Waals surface area contributed by atoms with Crippen LogP contribution in [0, 0.1) is 10.1 Å². The van der Waals surface area contributed by atoms with Gasteiger partial charge in [0.2, 0.25) is 5.75 Å². The van der Waals surface area contributed by atoms with E-state index in [1.54, 1.807) is 30.3 Å². The van der Waals surface area contributed by atoms with Gasteiger partial charge in [0.05, 0.1) is 17.6 Å². The summed E-state index contributed by atoms with van der Waals surface area (Å²) in [6, 6.07) is 9.90. The minimum atomic E-state index is -4.75. The third kappa shape index (κ3) is 5.59. The number of methoxy groups -OCH3 is 1. The zero-order chi connectivity index (χ0) is 20.0. The van der Waals surface area contributed by atoms with Crippen molar-refractivity contribution in [1.82, 2.24) is 0 Å². The minimum Gasteiger partial charge on any atom is -0.469 e. The molecule has 0 aliphatic heterocycles. The van der Waals surface area contributed by atoms with Crippen LogP contribution in [0.3, 0.4) is 0 Å². The summed E-state index contributed by atoms with van der Waals surface area (Å²) in [5, 5.41) is 11.1. The Hall–Kier alpha value is -3.30. The fraction of sp³-hybridized carbons (Fsp3) is 0.235. The number of rotatable bonds is 7. The standard InChI is InChI=1S/C17H14F3NO6/c1-25-15(22)10-16(26-12-5-3-2-4-6-12)27-14-8-7-11(17(18,19)20)9-13(14)21(23)24/h2-9,16H,10H2,1H3. The Morgan fingerprint density at radius 1 is 1.15 bits per heavy atom. The number of alkyl halides is 3. The molecule has 2 rings (SSSR count). The van der Waals surface area contributed by atoms with E-state index in [-0.39, 0.29) is 0 Å². The number of carbonyl (C=O) groups is 1. The predicted octanol–water partition coefficient (Wildman–Crippen LogP) is 3.96. The molecule has 1 unspecified atom stereocenters. The van der Waals surface area contributed by atoms with Gasteiger partial charge in [0.25, 0.3) is 6.29 Å². The van der Waals surface area contributed by atoms with Gasteiger partial charge < -0.3 is 14.2 Å². The number of nitro groups is 1. The molecule has 0 radical (unpaired) electrons. The van der Waals surface area contributed by atoms with Crippen LogP contribution < -0.4 is 9.47 Å². The lowest BCUT2D eigenvalue weighted by atomic mass is 10.2. The van der Waals surface area contributed by atoms with Gasteiger partial charge >= 0.3 is 17.8 Å². The first-order valence-corrected chi connectivity index (χ1v) is 7.51. The Labute approximate surface area is 151 Å². The summed E-state index contributed by atoms with van der Waals surface area (Å²) in [4.78, 5) is 21.7. The van der Waals surface area contributed by atoms with Gasteiger partial charge in [0, 0.05) is 6.07 Å². The average molecular weight is 385 g/mol. The zero-order valence-electron chi connectivity index (χ0n) is 13.9. The molecular formula is C17H14F3NO6. The van der Waals surface area contributed by atoms with Crippen LogP contribution in [0.5, 0.6) is 11.5 Å². The Morgan fingerprint density at radius 3 is 2.37 bits per heavy atom. The third-order valence-electron chi connectivity index (χ3n) is 3.31. The number of esters is 1. The van der Waals surface area contributed by atoms with Crippen molar-refractivity contribution < 1.29 is 37.1 Å². The molecule has 0 heterocycles.